The average molecular weight is 1630 g/mol. The minimum atomic E-state index is -0.220. The van der Waals surface area contributed by atoms with Crippen molar-refractivity contribution in [3.63, 3.8) is 0 Å². The van der Waals surface area contributed by atoms with Crippen molar-refractivity contribution in [2.75, 3.05) is 127 Å². The molecule has 618 valence electrons. The first kappa shape index (κ1) is 78.1. The SMILES string of the molecule is CN(C)CCn1ccc2cc(Nc3ncc4c(=O)n5n(c4n3)-c3ccc4c(n3)N(CCCC=CC5)C(=O)CO4)ccc21.CN(C)CCn1ccc2cc(Nc3ncc4c(=O)n5n(c4n3)-c3ccc4c(n3)N(CCCC=CC5)CCO4)ccc21.CN(C)CCn1ccc2cc(Nc3ncc4c(=O)n5n(c4n3)-c3cccc(n3)OCCCC=CC5)ccc21. The number of fused-ring (bicyclic) bond motifs is 19. The molecule has 3 aromatic carbocycles. The molecule has 0 saturated heterocycles. The molecule has 33 heteroatoms. The molecule has 1 amide bonds. The maximum Gasteiger partial charge on any atom is 0.278 e. The monoisotopic (exact) mass is 1630 g/mol. The third-order valence-corrected chi connectivity index (χ3v) is 22.0. The quantitative estimate of drug-likeness (QED) is 0.0803. The van der Waals surface area contributed by atoms with Gasteiger partial charge in [0.25, 0.3) is 22.6 Å². The molecule has 3 N–H and O–H groups in total. The molecule has 6 bridgehead atoms. The van der Waals surface area contributed by atoms with Crippen LogP contribution in [-0.2, 0) is 44.1 Å². The van der Waals surface area contributed by atoms with Gasteiger partial charge in [0.15, 0.2) is 64.1 Å². The summed E-state index contributed by atoms with van der Waals surface area (Å²) in [5.74, 6) is 5.75. The fraction of sp³-hybridized carbons (Fsp3) is 0.307. The van der Waals surface area contributed by atoms with E-state index in [0.29, 0.717) is 125 Å². The van der Waals surface area contributed by atoms with Crippen LogP contribution >= 0.6 is 0 Å². The first-order chi connectivity index (χ1) is 59.1. The van der Waals surface area contributed by atoms with Crippen molar-refractivity contribution >= 4 is 118 Å². The van der Waals surface area contributed by atoms with Crippen molar-refractivity contribution in [3.05, 3.63) is 220 Å². The van der Waals surface area contributed by atoms with Crippen LogP contribution in [0.15, 0.2) is 203 Å². The molecule has 0 saturated carbocycles. The zero-order chi connectivity index (χ0) is 82.8. The van der Waals surface area contributed by atoms with Crippen LogP contribution in [0.2, 0.25) is 0 Å². The van der Waals surface area contributed by atoms with Crippen molar-refractivity contribution < 1.29 is 19.0 Å². The molecule has 17 heterocycles. The molecule has 0 aliphatic carbocycles. The van der Waals surface area contributed by atoms with E-state index in [1.165, 1.54) is 11.0 Å². The van der Waals surface area contributed by atoms with Crippen LogP contribution < -0.4 is 56.6 Å². The second kappa shape index (κ2) is 34.1. The largest absolute Gasteiger partial charge is 0.488 e. The van der Waals surface area contributed by atoms with Gasteiger partial charge in [-0.1, -0.05) is 42.5 Å². The van der Waals surface area contributed by atoms with E-state index in [4.69, 9.17) is 39.1 Å². The highest BCUT2D eigenvalue weighted by Crippen LogP contribution is 2.36. The Hall–Kier alpha value is -14.1. The number of hydrogen-bond donors (Lipinski definition) is 3. The van der Waals surface area contributed by atoms with Crippen LogP contribution in [0.3, 0.4) is 0 Å². The number of nitrogens with one attached hydrogen (secondary N) is 3. The number of rotatable bonds is 15. The Labute approximate surface area is 694 Å². The predicted octanol–water partition coefficient (Wildman–Crippen LogP) is 11.1. The van der Waals surface area contributed by atoms with Crippen LogP contribution in [-0.4, -0.2) is 209 Å². The lowest BCUT2D eigenvalue weighted by atomic mass is 10.2. The number of pyridine rings is 3. The highest BCUT2D eigenvalue weighted by atomic mass is 16.5. The van der Waals surface area contributed by atoms with Gasteiger partial charge < -0.3 is 63.5 Å². The summed E-state index contributed by atoms with van der Waals surface area (Å²) in [6, 6.07) is 37.9. The minimum Gasteiger partial charge on any atom is -0.488 e. The Morgan fingerprint density at radius 3 is 1.30 bits per heavy atom. The summed E-state index contributed by atoms with van der Waals surface area (Å²) in [7, 11) is 12.4. The van der Waals surface area contributed by atoms with Gasteiger partial charge in [0.2, 0.25) is 23.7 Å². The van der Waals surface area contributed by atoms with Gasteiger partial charge in [0.1, 0.15) is 22.8 Å². The number of carbonyl (C=O) groups is 1. The highest BCUT2D eigenvalue weighted by Gasteiger charge is 2.30. The van der Waals surface area contributed by atoms with Crippen molar-refractivity contribution in [1.82, 2.24) is 101 Å². The van der Waals surface area contributed by atoms with Gasteiger partial charge in [-0.25, -0.2) is 53.0 Å². The minimum absolute atomic E-state index is 0.0180. The number of hydrogen-bond acceptors (Lipinski definition) is 23. The topological polar surface area (TPSA) is 309 Å². The zero-order valence-corrected chi connectivity index (χ0v) is 68.4. The smallest absolute Gasteiger partial charge is 0.278 e. The van der Waals surface area contributed by atoms with Crippen molar-refractivity contribution in [3.8, 4) is 34.8 Å². The van der Waals surface area contributed by atoms with Gasteiger partial charge in [-0.3, -0.25) is 24.1 Å². The third-order valence-electron chi connectivity index (χ3n) is 22.0. The average Bonchev–Trinajstić information content (AvgIpc) is 1.61. The Morgan fingerprint density at radius 2 is 0.835 bits per heavy atom. The van der Waals surface area contributed by atoms with Crippen LogP contribution in [0.25, 0.3) is 83.3 Å². The summed E-state index contributed by atoms with van der Waals surface area (Å²) in [6.45, 7) is 10.2. The van der Waals surface area contributed by atoms with E-state index in [1.54, 1.807) is 63.7 Å². The fourth-order valence-corrected chi connectivity index (χ4v) is 15.7. The van der Waals surface area contributed by atoms with Crippen molar-refractivity contribution in [2.45, 2.75) is 77.8 Å². The lowest BCUT2D eigenvalue weighted by Crippen LogP contribution is -2.40. The summed E-state index contributed by atoms with van der Waals surface area (Å²) in [4.78, 5) is 106. The molecule has 15 aromatic rings. The Bertz CT molecular complexity index is 6700. The molecule has 5 aliphatic heterocycles. The molecule has 0 atom stereocenters. The summed E-state index contributed by atoms with van der Waals surface area (Å²) in [5, 5.41) is 14.6. The molecule has 20 rings (SSSR count). The molecule has 0 fully saturated rings. The summed E-state index contributed by atoms with van der Waals surface area (Å²) < 4.78 is 34.3. The summed E-state index contributed by atoms with van der Waals surface area (Å²) >= 11 is 0. The number of ether oxygens (including phenoxy) is 3. The lowest BCUT2D eigenvalue weighted by molar-refractivity contribution is -0.121. The van der Waals surface area contributed by atoms with E-state index in [-0.39, 0.29) is 29.2 Å². The van der Waals surface area contributed by atoms with E-state index in [9.17, 15) is 19.2 Å². The molecule has 121 heavy (non-hydrogen) atoms. The number of anilines is 8. The number of nitrogens with zero attached hydrogens (tertiary/aromatic N) is 23. The van der Waals surface area contributed by atoms with E-state index < -0.39 is 0 Å². The van der Waals surface area contributed by atoms with Gasteiger partial charge in [-0.15, -0.1) is 0 Å². The molecule has 33 nitrogen and oxygen atoms in total. The molecular weight excluding hydrogens is 1530 g/mol. The Balaban J connectivity index is 0.000000124. The summed E-state index contributed by atoms with van der Waals surface area (Å²) in [5.41, 5.74) is 6.96. The zero-order valence-electron chi connectivity index (χ0n) is 68.4. The second-order valence-corrected chi connectivity index (χ2v) is 31.2. The number of likely N-dealkylation sites (N-methyl/N-ethyl adjacent to an activating group) is 3. The third kappa shape index (κ3) is 16.3. The second-order valence-electron chi connectivity index (χ2n) is 31.2. The first-order valence-corrected chi connectivity index (χ1v) is 40.9. The molecule has 0 spiro atoms. The van der Waals surface area contributed by atoms with Gasteiger partial charge >= 0.3 is 0 Å². The van der Waals surface area contributed by atoms with Crippen LogP contribution in [0.4, 0.5) is 46.5 Å². The van der Waals surface area contributed by atoms with Gasteiger partial charge in [0, 0.05) is 145 Å². The van der Waals surface area contributed by atoms with Gasteiger partial charge in [0.05, 0.1) is 32.8 Å². The number of benzene rings is 3. The van der Waals surface area contributed by atoms with Crippen LogP contribution in [0.1, 0.15) is 38.5 Å². The maximum atomic E-state index is 13.5. The number of carbonyl (C=O) groups excluding carboxylic acids is 1. The van der Waals surface area contributed by atoms with Crippen LogP contribution in [0.5, 0.6) is 17.4 Å². The van der Waals surface area contributed by atoms with Crippen LogP contribution in [0, 0.1) is 0 Å². The number of allylic oxidation sites excluding steroid dienone is 6. The lowest BCUT2D eigenvalue weighted by Gasteiger charge is -2.30. The van der Waals surface area contributed by atoms with E-state index in [1.807, 2.05) is 72.8 Å². The van der Waals surface area contributed by atoms with Gasteiger partial charge in [-0.05, 0) is 184 Å². The maximum absolute atomic E-state index is 13.5. The fourth-order valence-electron chi connectivity index (χ4n) is 15.7. The number of amides is 1. The van der Waals surface area contributed by atoms with E-state index in [2.05, 4.69) is 197 Å². The molecule has 5 aliphatic rings. The first-order valence-electron chi connectivity index (χ1n) is 40.9. The van der Waals surface area contributed by atoms with E-state index in [0.717, 1.165) is 141 Å². The van der Waals surface area contributed by atoms with Crippen molar-refractivity contribution in [1.29, 1.82) is 0 Å². The van der Waals surface area contributed by atoms with E-state index >= 15 is 0 Å². The molecule has 12 aromatic heterocycles. The molecule has 0 unspecified atom stereocenters. The summed E-state index contributed by atoms with van der Waals surface area (Å²) in [6.07, 6.45) is 28.5. The number of aromatic nitrogens is 18. The normalized spacial score (nSPS) is 14.6. The highest BCUT2D eigenvalue weighted by molar-refractivity contribution is 5.97. The Kier molecular flexibility index (Phi) is 22.0. The van der Waals surface area contributed by atoms with Crippen molar-refractivity contribution in [2.24, 2.45) is 0 Å². The Morgan fingerprint density at radius 1 is 0.405 bits per heavy atom. The molecular formula is C88H94N26O7. The molecule has 0 radical (unpaired) electrons. The van der Waals surface area contributed by atoms with Gasteiger partial charge in [-0.2, -0.15) is 19.9 Å². The predicted molar refractivity (Wildman–Crippen MR) is 470 cm³/mol. The standard InChI is InChI=1S/C30H31N9O3.C30H33N9O2.C28H30N8O2/c1-35(2)15-16-36-14-11-20-17-21(7-8-23(20)36)32-30-31-18-22-27(34-30)39-25-10-9-24-28(33-25)37(26(40)19-42-24)12-5-3-4-6-13-38(39)29(22)41;1-35(2)15-16-36-14-11-21-19-22(7-8-24(21)36)32-30-31-20-23-27(34-30)39-26-10-9-25-28(33-26)37(17-18-41-25)12-5-3-4-6-13-38(39)29(23)40;1-33(2)15-16-34-14-12-20-18-21(10-11-23(20)34)30-28-29-19-22-26(32-28)36-24-8-7-9-25(31-24)38-17-6-4-3-5-13-35(36)27(22)37/h4,6-11,14,17-18H,3,5,12-13,15-16,19H2,1-2H3,(H,31,32,34);4,6-11,14,19-20H,3,5,12-13,15-18H2,1-2H3,(H,31,32,34);3,5,7-12,14,18-19H,4,6,13,15-17H2,1-2H3,(H,29,30,32).